The van der Waals surface area contributed by atoms with E-state index in [-0.39, 0.29) is 17.1 Å². The first kappa shape index (κ1) is 22.2. The van der Waals surface area contributed by atoms with E-state index in [1.54, 1.807) is 24.3 Å². The van der Waals surface area contributed by atoms with Crippen LogP contribution in [0.5, 0.6) is 11.5 Å². The van der Waals surface area contributed by atoms with Crippen LogP contribution >= 0.6 is 0 Å². The van der Waals surface area contributed by atoms with Gasteiger partial charge in [0.1, 0.15) is 23.1 Å². The lowest BCUT2D eigenvalue weighted by atomic mass is 10.0. The zero-order chi connectivity index (χ0) is 22.3. The molecule has 10 heteroatoms. The van der Waals surface area contributed by atoms with Crippen LogP contribution in [0.1, 0.15) is 13.8 Å². The summed E-state index contributed by atoms with van der Waals surface area (Å²) in [6, 6.07) is 11.3. The fourth-order valence-electron chi connectivity index (χ4n) is 2.41. The number of carbonyl (C=O) groups excluding carboxylic acids is 3. The second-order valence-corrected chi connectivity index (χ2v) is 6.08. The fraction of sp³-hybridized carbons (Fsp3) is 0.200. The number of hydrazone groups is 1. The summed E-state index contributed by atoms with van der Waals surface area (Å²) in [5.74, 6) is -1.79. The number of esters is 1. The maximum Gasteiger partial charge on any atom is 0.320 e. The molecule has 0 radical (unpaired) electrons. The van der Waals surface area contributed by atoms with Gasteiger partial charge in [-0.1, -0.05) is 0 Å². The Hall–Kier alpha value is -4.08. The molecule has 0 saturated carbocycles. The number of benzene rings is 2. The average molecular weight is 413 g/mol. The van der Waals surface area contributed by atoms with Crippen molar-refractivity contribution in [3.05, 3.63) is 58.6 Å². The number of hydrogen-bond donors (Lipinski definition) is 0. The third-order valence-corrected chi connectivity index (χ3v) is 4.04. The minimum Gasteiger partial charge on any atom is -0.497 e. The Morgan fingerprint density at radius 1 is 1.10 bits per heavy atom. The van der Waals surface area contributed by atoms with Crippen LogP contribution in [0.2, 0.25) is 0 Å². The van der Waals surface area contributed by atoms with Crippen LogP contribution in [0.3, 0.4) is 0 Å². The van der Waals surface area contributed by atoms with Crippen LogP contribution in [0.25, 0.3) is 0 Å². The number of non-ortho nitro benzene ring substituents is 1. The third kappa shape index (κ3) is 5.47. The van der Waals surface area contributed by atoms with E-state index in [9.17, 15) is 24.5 Å². The molecule has 0 heterocycles. The van der Waals surface area contributed by atoms with Crippen molar-refractivity contribution in [3.8, 4) is 11.5 Å². The molecule has 0 spiro atoms. The molecule has 30 heavy (non-hydrogen) atoms. The lowest BCUT2D eigenvalue weighted by Gasteiger charge is -2.17. The van der Waals surface area contributed by atoms with Gasteiger partial charge in [0.25, 0.3) is 5.69 Å². The smallest absolute Gasteiger partial charge is 0.320 e. The van der Waals surface area contributed by atoms with Crippen LogP contribution in [-0.2, 0) is 14.4 Å². The van der Waals surface area contributed by atoms with E-state index in [2.05, 4.69) is 5.10 Å². The molecule has 0 aliphatic heterocycles. The zero-order valence-electron chi connectivity index (χ0n) is 16.5. The molecule has 1 unspecified atom stereocenters. The first-order valence-electron chi connectivity index (χ1n) is 8.71. The van der Waals surface area contributed by atoms with Crippen LogP contribution in [0.4, 0.5) is 11.4 Å². The Balaban J connectivity index is 2.23. The summed E-state index contributed by atoms with van der Waals surface area (Å²) in [6.45, 7) is 2.62. The quantitative estimate of drug-likeness (QED) is 0.154. The van der Waals surface area contributed by atoms with Gasteiger partial charge in [-0.15, -0.1) is 0 Å². The van der Waals surface area contributed by atoms with E-state index in [1.807, 2.05) is 0 Å². The number of ether oxygens (including phenoxy) is 2. The summed E-state index contributed by atoms with van der Waals surface area (Å²) < 4.78 is 10.2. The van der Waals surface area contributed by atoms with Crippen molar-refractivity contribution in [3.63, 3.8) is 0 Å². The highest BCUT2D eigenvalue weighted by atomic mass is 16.6. The average Bonchev–Trinajstić information content (AvgIpc) is 2.74. The zero-order valence-corrected chi connectivity index (χ0v) is 16.5. The maximum absolute atomic E-state index is 12.5. The normalized spacial score (nSPS) is 11.9. The number of rotatable bonds is 9. The molecule has 156 valence electrons. The molecule has 10 nitrogen and oxygen atoms in total. The van der Waals surface area contributed by atoms with Crippen LogP contribution in [0, 0.1) is 16.0 Å². The van der Waals surface area contributed by atoms with Gasteiger partial charge in [-0.05, 0) is 43.3 Å². The number of ketones is 1. The van der Waals surface area contributed by atoms with Gasteiger partial charge in [0, 0.05) is 19.1 Å². The molecule has 0 fully saturated rings. The van der Waals surface area contributed by atoms with Crippen molar-refractivity contribution in [2.75, 3.05) is 12.1 Å². The second kappa shape index (κ2) is 9.92. The summed E-state index contributed by atoms with van der Waals surface area (Å²) in [5.41, 5.74) is 0.0141. The van der Waals surface area contributed by atoms with E-state index >= 15 is 0 Å². The summed E-state index contributed by atoms with van der Waals surface area (Å²) in [5, 5.41) is 15.6. The van der Waals surface area contributed by atoms with Gasteiger partial charge in [-0.2, -0.15) is 5.10 Å². The summed E-state index contributed by atoms with van der Waals surface area (Å²) >= 11 is 0. The van der Waals surface area contributed by atoms with Gasteiger partial charge < -0.3 is 9.47 Å². The molecule has 0 bridgehead atoms. The van der Waals surface area contributed by atoms with Gasteiger partial charge in [-0.25, -0.2) is 5.01 Å². The number of methoxy groups -OCH3 is 1. The number of Topliss-reactive ketones (excluding diaryl/α,β-unsaturated/α-hetero) is 1. The van der Waals surface area contributed by atoms with Gasteiger partial charge in [-0.3, -0.25) is 24.5 Å². The summed E-state index contributed by atoms with van der Waals surface area (Å²) in [6.07, 6.45) is 0.402. The minimum absolute atomic E-state index is 0.0720. The molecule has 1 amide bonds. The number of carbonyl (C=O) groups is 3. The number of nitro benzene ring substituents is 1. The number of anilines is 1. The highest BCUT2D eigenvalue weighted by Gasteiger charge is 2.26. The molecule has 0 aliphatic rings. The van der Waals surface area contributed by atoms with E-state index in [4.69, 9.17) is 9.47 Å². The fourth-order valence-corrected chi connectivity index (χ4v) is 2.41. The van der Waals surface area contributed by atoms with Crippen molar-refractivity contribution < 1.29 is 28.8 Å². The molecule has 0 saturated heterocycles. The largest absolute Gasteiger partial charge is 0.497 e. The Bertz CT molecular complexity index is 969. The molecule has 0 aliphatic carbocycles. The Morgan fingerprint density at radius 2 is 1.67 bits per heavy atom. The Morgan fingerprint density at radius 3 is 2.13 bits per heavy atom. The summed E-state index contributed by atoms with van der Waals surface area (Å²) in [7, 11) is 1.50. The molecule has 2 rings (SSSR count). The van der Waals surface area contributed by atoms with E-state index < -0.39 is 22.6 Å². The highest BCUT2D eigenvalue weighted by Crippen LogP contribution is 2.21. The van der Waals surface area contributed by atoms with Crippen molar-refractivity contribution in [1.82, 2.24) is 0 Å². The predicted molar refractivity (Wildman–Crippen MR) is 108 cm³/mol. The number of amides is 1. The molecular weight excluding hydrogens is 394 g/mol. The van der Waals surface area contributed by atoms with E-state index in [0.29, 0.717) is 17.8 Å². The number of hydrogen-bond acceptors (Lipinski definition) is 8. The lowest BCUT2D eigenvalue weighted by molar-refractivity contribution is -0.384. The van der Waals surface area contributed by atoms with Gasteiger partial charge >= 0.3 is 5.97 Å². The number of nitro groups is 1. The SMILES string of the molecule is COc1ccc(N(C=O)/N=C(/C(C)=O)C(C)C(=O)Oc2ccc([N+](=O)[O-])cc2)cc1. The third-order valence-electron chi connectivity index (χ3n) is 4.04. The lowest BCUT2D eigenvalue weighted by Crippen LogP contribution is -2.32. The van der Waals surface area contributed by atoms with Crippen molar-refractivity contribution in [2.45, 2.75) is 13.8 Å². The van der Waals surface area contributed by atoms with Gasteiger partial charge in [0.2, 0.25) is 6.41 Å². The Labute approximate surface area is 171 Å². The number of nitrogens with zero attached hydrogens (tertiary/aromatic N) is 3. The minimum atomic E-state index is -1.10. The second-order valence-electron chi connectivity index (χ2n) is 6.08. The first-order valence-corrected chi connectivity index (χ1v) is 8.71. The van der Waals surface area contributed by atoms with Gasteiger partial charge in [0.15, 0.2) is 5.78 Å². The monoisotopic (exact) mass is 413 g/mol. The topological polar surface area (TPSA) is 128 Å². The molecule has 2 aromatic carbocycles. The molecular formula is C20H19N3O7. The predicted octanol–water partition coefficient (Wildman–Crippen LogP) is 2.75. The maximum atomic E-state index is 12.5. The molecule has 1 atom stereocenters. The van der Waals surface area contributed by atoms with Crippen molar-refractivity contribution in [1.29, 1.82) is 0 Å². The van der Waals surface area contributed by atoms with Crippen LogP contribution in [0.15, 0.2) is 53.6 Å². The van der Waals surface area contributed by atoms with Crippen LogP contribution < -0.4 is 14.5 Å². The molecule has 0 N–H and O–H groups in total. The van der Waals surface area contributed by atoms with Crippen LogP contribution in [-0.4, -0.2) is 35.9 Å². The molecule has 0 aromatic heterocycles. The Kier molecular flexibility index (Phi) is 7.34. The van der Waals surface area contributed by atoms with Gasteiger partial charge in [0.05, 0.1) is 17.7 Å². The summed E-state index contributed by atoms with van der Waals surface area (Å²) in [4.78, 5) is 46.1. The first-order chi connectivity index (χ1) is 14.3. The molecule has 2 aromatic rings. The highest BCUT2D eigenvalue weighted by molar-refractivity contribution is 6.43. The van der Waals surface area contributed by atoms with Crippen molar-refractivity contribution >= 4 is 35.2 Å². The van der Waals surface area contributed by atoms with Crippen molar-refractivity contribution in [2.24, 2.45) is 11.0 Å². The standard InChI is InChI=1S/C20H19N3O7/c1-13(20(26)30-18-10-6-16(7-11-18)23(27)28)19(14(2)25)21-22(12-24)15-4-8-17(29-3)9-5-15/h4-13H,1-3H3/b21-19+. The van der Waals surface area contributed by atoms with E-state index in [0.717, 1.165) is 5.01 Å². The van der Waals surface area contributed by atoms with E-state index in [1.165, 1.54) is 45.2 Å².